The first kappa shape index (κ1) is 8.48. The Morgan fingerprint density at radius 1 is 1.82 bits per heavy atom. The number of rotatable bonds is 2. The summed E-state index contributed by atoms with van der Waals surface area (Å²) in [5.74, 6) is -0.580. The van der Waals surface area contributed by atoms with Gasteiger partial charge in [-0.15, -0.1) is 0 Å². The van der Waals surface area contributed by atoms with Gasteiger partial charge in [0, 0.05) is 0 Å². The molecule has 0 saturated heterocycles. The van der Waals surface area contributed by atoms with Crippen LogP contribution in [0.25, 0.3) is 0 Å². The van der Waals surface area contributed by atoms with Gasteiger partial charge in [0.05, 0.1) is 7.11 Å². The normalized spacial score (nSPS) is 9.64. The fourth-order valence-corrected chi connectivity index (χ4v) is 1.81. The number of thiazole rings is 1. The summed E-state index contributed by atoms with van der Waals surface area (Å²) in [6.45, 7) is 0. The predicted octanol–water partition coefficient (Wildman–Crippen LogP) is 1.01. The van der Waals surface area contributed by atoms with E-state index in [-0.39, 0.29) is 5.69 Å². The maximum absolute atomic E-state index is 10.7. The van der Waals surface area contributed by atoms with Crippen molar-refractivity contribution >= 4 is 33.2 Å². The lowest BCUT2D eigenvalue weighted by atomic mass is 10.5. The standard InChI is InChI=1S/C5H5BrN2O2S/c1-10-4-2(3(7)9)8-5(6)11-4/h1H3,(H2,7,9). The number of carbonyl (C=O) groups is 1. The van der Waals surface area contributed by atoms with Crippen molar-refractivity contribution in [2.45, 2.75) is 0 Å². The molecule has 1 amide bonds. The van der Waals surface area contributed by atoms with Crippen LogP contribution in [0.2, 0.25) is 0 Å². The van der Waals surface area contributed by atoms with Gasteiger partial charge < -0.3 is 10.5 Å². The third kappa shape index (κ3) is 1.69. The van der Waals surface area contributed by atoms with Crippen LogP contribution in [0.15, 0.2) is 3.92 Å². The molecule has 0 bridgehead atoms. The van der Waals surface area contributed by atoms with Crippen molar-refractivity contribution in [3.63, 3.8) is 0 Å². The van der Waals surface area contributed by atoms with Crippen molar-refractivity contribution in [2.24, 2.45) is 5.73 Å². The Labute approximate surface area is 75.5 Å². The Kier molecular flexibility index (Phi) is 2.45. The molecule has 0 aliphatic heterocycles. The van der Waals surface area contributed by atoms with Crippen LogP contribution in [0.3, 0.4) is 0 Å². The summed E-state index contributed by atoms with van der Waals surface area (Å²) in [6, 6.07) is 0. The summed E-state index contributed by atoms with van der Waals surface area (Å²) in [5.41, 5.74) is 5.18. The molecule has 0 saturated carbocycles. The maximum atomic E-state index is 10.7. The van der Waals surface area contributed by atoms with E-state index in [1.807, 2.05) is 0 Å². The number of ether oxygens (including phenoxy) is 1. The fraction of sp³-hybridized carbons (Fsp3) is 0.200. The number of hydrogen-bond donors (Lipinski definition) is 1. The second kappa shape index (κ2) is 3.19. The van der Waals surface area contributed by atoms with Crippen LogP contribution >= 0.6 is 27.3 Å². The lowest BCUT2D eigenvalue weighted by Gasteiger charge is -1.93. The highest BCUT2D eigenvalue weighted by molar-refractivity contribution is 9.11. The first-order chi connectivity index (χ1) is 5.15. The summed E-state index contributed by atoms with van der Waals surface area (Å²) < 4.78 is 5.44. The molecule has 0 radical (unpaired) electrons. The van der Waals surface area contributed by atoms with Crippen molar-refractivity contribution in [1.82, 2.24) is 4.98 Å². The molecule has 11 heavy (non-hydrogen) atoms. The third-order valence-corrected chi connectivity index (χ3v) is 2.46. The van der Waals surface area contributed by atoms with Crippen LogP contribution < -0.4 is 10.5 Å². The number of amides is 1. The van der Waals surface area contributed by atoms with Gasteiger partial charge in [0.2, 0.25) is 5.06 Å². The van der Waals surface area contributed by atoms with E-state index in [1.54, 1.807) is 0 Å². The van der Waals surface area contributed by atoms with Gasteiger partial charge in [-0.25, -0.2) is 4.98 Å². The highest BCUT2D eigenvalue weighted by Crippen LogP contribution is 2.29. The van der Waals surface area contributed by atoms with Crippen molar-refractivity contribution in [3.8, 4) is 5.06 Å². The lowest BCUT2D eigenvalue weighted by Crippen LogP contribution is -2.12. The summed E-state index contributed by atoms with van der Waals surface area (Å²) >= 11 is 4.34. The van der Waals surface area contributed by atoms with E-state index in [9.17, 15) is 4.79 Å². The van der Waals surface area contributed by atoms with Gasteiger partial charge >= 0.3 is 0 Å². The Balaban J connectivity index is 3.12. The van der Waals surface area contributed by atoms with E-state index >= 15 is 0 Å². The molecule has 6 heteroatoms. The molecule has 4 nitrogen and oxygen atoms in total. The third-order valence-electron chi connectivity index (χ3n) is 0.989. The molecule has 0 aliphatic rings. The number of methoxy groups -OCH3 is 1. The zero-order valence-electron chi connectivity index (χ0n) is 5.63. The van der Waals surface area contributed by atoms with E-state index < -0.39 is 5.91 Å². The van der Waals surface area contributed by atoms with Crippen molar-refractivity contribution in [3.05, 3.63) is 9.61 Å². The average Bonchev–Trinajstić information content (AvgIpc) is 2.30. The smallest absolute Gasteiger partial charge is 0.272 e. The van der Waals surface area contributed by atoms with E-state index in [0.717, 1.165) is 0 Å². The SMILES string of the molecule is COc1sc(Br)nc1C(N)=O. The van der Waals surface area contributed by atoms with E-state index in [1.165, 1.54) is 18.4 Å². The molecule has 2 N–H and O–H groups in total. The van der Waals surface area contributed by atoms with Crippen molar-refractivity contribution in [1.29, 1.82) is 0 Å². The number of carbonyl (C=O) groups excluding carboxylic acids is 1. The van der Waals surface area contributed by atoms with Gasteiger partial charge in [-0.3, -0.25) is 4.79 Å². The first-order valence-electron chi connectivity index (χ1n) is 2.65. The highest BCUT2D eigenvalue weighted by atomic mass is 79.9. The summed E-state index contributed by atoms with van der Waals surface area (Å²) in [7, 11) is 1.46. The molecule has 1 aromatic rings. The number of halogens is 1. The van der Waals surface area contributed by atoms with Gasteiger partial charge in [-0.05, 0) is 15.9 Å². The minimum Gasteiger partial charge on any atom is -0.485 e. The van der Waals surface area contributed by atoms with Gasteiger partial charge in [-0.1, -0.05) is 11.3 Å². The monoisotopic (exact) mass is 236 g/mol. The van der Waals surface area contributed by atoms with Crippen LogP contribution in [0, 0.1) is 0 Å². The quantitative estimate of drug-likeness (QED) is 0.834. The zero-order valence-corrected chi connectivity index (χ0v) is 8.03. The minimum atomic E-state index is -0.580. The molecule has 0 fully saturated rings. The second-order valence-corrected chi connectivity index (χ2v) is 3.91. The Morgan fingerprint density at radius 3 is 2.82 bits per heavy atom. The molecular formula is C5H5BrN2O2S. The fourth-order valence-electron chi connectivity index (χ4n) is 0.575. The Morgan fingerprint density at radius 2 is 2.45 bits per heavy atom. The highest BCUT2D eigenvalue weighted by Gasteiger charge is 2.14. The molecule has 1 aromatic heterocycles. The Hall–Kier alpha value is -0.620. The molecule has 0 aromatic carbocycles. The summed E-state index contributed by atoms with van der Waals surface area (Å²) in [6.07, 6.45) is 0. The molecule has 0 spiro atoms. The molecular weight excluding hydrogens is 232 g/mol. The number of nitrogens with two attached hydrogens (primary N) is 1. The van der Waals surface area contributed by atoms with Gasteiger partial charge in [-0.2, -0.15) is 0 Å². The topological polar surface area (TPSA) is 65.2 Å². The summed E-state index contributed by atoms with van der Waals surface area (Å²) in [5, 5.41) is 0.435. The first-order valence-corrected chi connectivity index (χ1v) is 4.26. The van der Waals surface area contributed by atoms with Crippen LogP contribution in [-0.2, 0) is 0 Å². The van der Waals surface area contributed by atoms with Crippen molar-refractivity contribution < 1.29 is 9.53 Å². The second-order valence-electron chi connectivity index (χ2n) is 1.67. The molecule has 0 aliphatic carbocycles. The lowest BCUT2D eigenvalue weighted by molar-refractivity contribution is 0.0993. The van der Waals surface area contributed by atoms with E-state index in [0.29, 0.717) is 8.98 Å². The summed E-state index contributed by atoms with van der Waals surface area (Å²) in [4.78, 5) is 14.5. The molecule has 60 valence electrons. The van der Waals surface area contributed by atoms with Crippen molar-refractivity contribution in [2.75, 3.05) is 7.11 Å². The van der Waals surface area contributed by atoms with E-state index in [2.05, 4.69) is 20.9 Å². The zero-order chi connectivity index (χ0) is 8.43. The van der Waals surface area contributed by atoms with E-state index in [4.69, 9.17) is 10.5 Å². The number of nitrogens with zero attached hydrogens (tertiary/aromatic N) is 1. The van der Waals surface area contributed by atoms with Crippen LogP contribution in [0.4, 0.5) is 0 Å². The molecule has 0 unspecified atom stereocenters. The van der Waals surface area contributed by atoms with Crippen LogP contribution in [-0.4, -0.2) is 18.0 Å². The number of aromatic nitrogens is 1. The molecule has 0 atom stereocenters. The maximum Gasteiger partial charge on any atom is 0.272 e. The number of hydrogen-bond acceptors (Lipinski definition) is 4. The van der Waals surface area contributed by atoms with Crippen LogP contribution in [0.5, 0.6) is 5.06 Å². The predicted molar refractivity (Wildman–Crippen MR) is 44.9 cm³/mol. The van der Waals surface area contributed by atoms with Gasteiger partial charge in [0.1, 0.15) is 0 Å². The number of primary amides is 1. The van der Waals surface area contributed by atoms with Gasteiger partial charge in [0.15, 0.2) is 9.61 Å². The molecule has 1 rings (SSSR count). The molecule has 1 heterocycles. The largest absolute Gasteiger partial charge is 0.485 e. The van der Waals surface area contributed by atoms with Crippen LogP contribution in [0.1, 0.15) is 10.5 Å². The average molecular weight is 237 g/mol. The minimum absolute atomic E-state index is 0.171. The van der Waals surface area contributed by atoms with Gasteiger partial charge in [0.25, 0.3) is 5.91 Å². The Bertz CT molecular complexity index is 286.